The molecule has 0 atom stereocenters. The van der Waals surface area contributed by atoms with Gasteiger partial charge in [-0.2, -0.15) is 5.10 Å². The van der Waals surface area contributed by atoms with Crippen LogP contribution in [0, 0.1) is 6.92 Å². The maximum absolute atomic E-state index is 12.3. The van der Waals surface area contributed by atoms with E-state index in [9.17, 15) is 4.79 Å². The van der Waals surface area contributed by atoms with Crippen LogP contribution in [0.4, 0.5) is 0 Å². The fourth-order valence-corrected chi connectivity index (χ4v) is 3.02. The quantitative estimate of drug-likeness (QED) is 0.625. The molecule has 0 unspecified atom stereocenters. The Morgan fingerprint density at radius 3 is 2.88 bits per heavy atom. The molecule has 2 aromatic carbocycles. The van der Waals surface area contributed by atoms with Crippen LogP contribution in [0.1, 0.15) is 11.1 Å². The van der Waals surface area contributed by atoms with Crippen LogP contribution >= 0.6 is 0 Å². The molecule has 25 heavy (non-hydrogen) atoms. The number of benzene rings is 2. The highest BCUT2D eigenvalue weighted by Gasteiger charge is 2.08. The summed E-state index contributed by atoms with van der Waals surface area (Å²) in [5.41, 5.74) is 4.07. The Morgan fingerprint density at radius 2 is 2.00 bits per heavy atom. The molecular formula is C20H18N4O. The summed E-state index contributed by atoms with van der Waals surface area (Å²) >= 11 is 0. The van der Waals surface area contributed by atoms with Gasteiger partial charge in [0.2, 0.25) is 5.91 Å². The van der Waals surface area contributed by atoms with Gasteiger partial charge in [0.05, 0.1) is 11.0 Å². The molecular weight excluding hydrogens is 312 g/mol. The molecule has 2 heterocycles. The van der Waals surface area contributed by atoms with Crippen molar-refractivity contribution in [1.82, 2.24) is 20.1 Å². The first-order valence-corrected chi connectivity index (χ1v) is 8.23. The normalized spacial score (nSPS) is 11.1. The molecule has 0 saturated heterocycles. The van der Waals surface area contributed by atoms with Crippen molar-refractivity contribution in [2.45, 2.75) is 20.0 Å². The molecule has 2 aromatic heterocycles. The number of hydrogen-bond donors (Lipinski definition) is 1. The van der Waals surface area contributed by atoms with Gasteiger partial charge in [0.15, 0.2) is 0 Å². The van der Waals surface area contributed by atoms with Crippen LogP contribution in [0.3, 0.4) is 0 Å². The molecule has 0 fully saturated rings. The Morgan fingerprint density at radius 1 is 1.12 bits per heavy atom. The molecule has 4 rings (SSSR count). The monoisotopic (exact) mass is 330 g/mol. The summed E-state index contributed by atoms with van der Waals surface area (Å²) in [5.74, 6) is -0.0644. The standard InChI is InChI=1S/C20H18N4O/c1-14-8-9-15(17-6-4-10-21-20(14)17)11-22-19(25)13-24-12-16-5-2-3-7-18(16)23-24/h2-10,12H,11,13H2,1H3,(H,22,25). The second-order valence-corrected chi connectivity index (χ2v) is 6.10. The van der Waals surface area contributed by atoms with Crippen LogP contribution in [0.5, 0.6) is 0 Å². The third-order valence-corrected chi connectivity index (χ3v) is 4.30. The lowest BCUT2D eigenvalue weighted by atomic mass is 10.0. The summed E-state index contributed by atoms with van der Waals surface area (Å²) in [6.07, 6.45) is 3.68. The van der Waals surface area contributed by atoms with Crippen molar-refractivity contribution in [3.8, 4) is 0 Å². The number of nitrogens with one attached hydrogen (secondary N) is 1. The van der Waals surface area contributed by atoms with Gasteiger partial charge in [-0.25, -0.2) is 0 Å². The molecule has 0 aliphatic rings. The zero-order chi connectivity index (χ0) is 17.2. The van der Waals surface area contributed by atoms with Gasteiger partial charge in [-0.3, -0.25) is 14.5 Å². The summed E-state index contributed by atoms with van der Waals surface area (Å²) in [6.45, 7) is 2.72. The van der Waals surface area contributed by atoms with E-state index in [4.69, 9.17) is 0 Å². The molecule has 4 aromatic rings. The number of fused-ring (bicyclic) bond motifs is 2. The molecule has 124 valence electrons. The van der Waals surface area contributed by atoms with Crippen LogP contribution in [0.15, 0.2) is 60.9 Å². The molecule has 1 amide bonds. The summed E-state index contributed by atoms with van der Waals surface area (Å²) < 4.78 is 1.68. The molecule has 0 bridgehead atoms. The van der Waals surface area contributed by atoms with Crippen LogP contribution in [0.2, 0.25) is 0 Å². The van der Waals surface area contributed by atoms with Crippen LogP contribution < -0.4 is 5.32 Å². The van der Waals surface area contributed by atoms with E-state index in [0.717, 1.165) is 32.9 Å². The molecule has 5 heteroatoms. The van der Waals surface area contributed by atoms with E-state index in [1.807, 2.05) is 61.7 Å². The number of carbonyl (C=O) groups excluding carboxylic acids is 1. The van der Waals surface area contributed by atoms with E-state index < -0.39 is 0 Å². The van der Waals surface area contributed by atoms with Crippen molar-refractivity contribution in [3.63, 3.8) is 0 Å². The Kier molecular flexibility index (Phi) is 3.90. The number of carbonyl (C=O) groups is 1. The van der Waals surface area contributed by atoms with Crippen molar-refractivity contribution < 1.29 is 4.79 Å². The average Bonchev–Trinajstić information content (AvgIpc) is 3.03. The van der Waals surface area contributed by atoms with Gasteiger partial charge in [-0.15, -0.1) is 0 Å². The van der Waals surface area contributed by atoms with Gasteiger partial charge >= 0.3 is 0 Å². The molecule has 0 spiro atoms. The molecule has 0 aliphatic heterocycles. The zero-order valence-corrected chi connectivity index (χ0v) is 13.9. The third-order valence-electron chi connectivity index (χ3n) is 4.30. The number of pyridine rings is 1. The minimum Gasteiger partial charge on any atom is -0.350 e. The molecule has 1 N–H and O–H groups in total. The number of amides is 1. The second-order valence-electron chi connectivity index (χ2n) is 6.10. The van der Waals surface area contributed by atoms with Gasteiger partial charge in [0, 0.05) is 29.7 Å². The number of hydrogen-bond acceptors (Lipinski definition) is 3. The second kappa shape index (κ2) is 6.36. The smallest absolute Gasteiger partial charge is 0.241 e. The van der Waals surface area contributed by atoms with Crippen molar-refractivity contribution in [2.24, 2.45) is 0 Å². The highest BCUT2D eigenvalue weighted by molar-refractivity contribution is 5.85. The van der Waals surface area contributed by atoms with E-state index in [2.05, 4.69) is 15.4 Å². The van der Waals surface area contributed by atoms with Crippen molar-refractivity contribution in [2.75, 3.05) is 0 Å². The number of aromatic nitrogens is 3. The van der Waals surface area contributed by atoms with Crippen molar-refractivity contribution >= 4 is 27.7 Å². The Balaban J connectivity index is 1.48. The highest BCUT2D eigenvalue weighted by atomic mass is 16.2. The Labute approximate surface area is 145 Å². The average molecular weight is 330 g/mol. The summed E-state index contributed by atoms with van der Waals surface area (Å²) in [5, 5.41) is 9.50. The lowest BCUT2D eigenvalue weighted by Gasteiger charge is -2.10. The number of nitrogens with zero attached hydrogens (tertiary/aromatic N) is 3. The van der Waals surface area contributed by atoms with E-state index in [0.29, 0.717) is 6.54 Å². The summed E-state index contributed by atoms with van der Waals surface area (Å²) in [4.78, 5) is 16.7. The van der Waals surface area contributed by atoms with Crippen LogP contribution in [-0.2, 0) is 17.9 Å². The first-order chi connectivity index (χ1) is 12.2. The molecule has 0 saturated carbocycles. The largest absolute Gasteiger partial charge is 0.350 e. The Hall–Kier alpha value is -3.21. The predicted molar refractivity (Wildman–Crippen MR) is 98.1 cm³/mol. The maximum atomic E-state index is 12.3. The fraction of sp³-hybridized carbons (Fsp3) is 0.150. The lowest BCUT2D eigenvalue weighted by molar-refractivity contribution is -0.122. The minimum absolute atomic E-state index is 0.0644. The SMILES string of the molecule is Cc1ccc(CNC(=O)Cn2cc3ccccc3n2)c2cccnc12. The highest BCUT2D eigenvalue weighted by Crippen LogP contribution is 2.20. The van der Waals surface area contributed by atoms with E-state index in [1.54, 1.807) is 10.9 Å². The lowest BCUT2D eigenvalue weighted by Crippen LogP contribution is -2.27. The van der Waals surface area contributed by atoms with Gasteiger partial charge in [-0.05, 0) is 30.2 Å². The molecule has 0 radical (unpaired) electrons. The number of rotatable bonds is 4. The fourth-order valence-electron chi connectivity index (χ4n) is 3.02. The van der Waals surface area contributed by atoms with E-state index in [-0.39, 0.29) is 12.5 Å². The number of aryl methyl sites for hydroxylation is 1. The molecule has 5 nitrogen and oxygen atoms in total. The third kappa shape index (κ3) is 3.08. The maximum Gasteiger partial charge on any atom is 0.241 e. The molecule has 0 aliphatic carbocycles. The summed E-state index contributed by atoms with van der Waals surface area (Å²) in [6, 6.07) is 15.9. The van der Waals surface area contributed by atoms with E-state index in [1.165, 1.54) is 0 Å². The topological polar surface area (TPSA) is 59.8 Å². The Bertz CT molecular complexity index is 1030. The van der Waals surface area contributed by atoms with Gasteiger partial charge in [-0.1, -0.05) is 36.4 Å². The van der Waals surface area contributed by atoms with E-state index >= 15 is 0 Å². The van der Waals surface area contributed by atoms with Crippen LogP contribution in [0.25, 0.3) is 21.8 Å². The first-order valence-electron chi connectivity index (χ1n) is 8.23. The van der Waals surface area contributed by atoms with Crippen LogP contribution in [-0.4, -0.2) is 20.7 Å². The first kappa shape index (κ1) is 15.3. The van der Waals surface area contributed by atoms with Crippen molar-refractivity contribution in [1.29, 1.82) is 0 Å². The summed E-state index contributed by atoms with van der Waals surface area (Å²) in [7, 11) is 0. The van der Waals surface area contributed by atoms with Gasteiger partial charge in [0.1, 0.15) is 6.54 Å². The van der Waals surface area contributed by atoms with Gasteiger partial charge < -0.3 is 5.32 Å². The van der Waals surface area contributed by atoms with Gasteiger partial charge in [0.25, 0.3) is 0 Å². The minimum atomic E-state index is -0.0644. The predicted octanol–water partition coefficient (Wildman–Crippen LogP) is 3.21. The van der Waals surface area contributed by atoms with Crippen molar-refractivity contribution in [3.05, 3.63) is 72.1 Å². The zero-order valence-electron chi connectivity index (χ0n) is 13.9.